The first kappa shape index (κ1) is 11.4. The lowest BCUT2D eigenvalue weighted by Crippen LogP contribution is -2.25. The summed E-state index contributed by atoms with van der Waals surface area (Å²) in [6, 6.07) is 0. The maximum atomic E-state index is 10.5. The van der Waals surface area contributed by atoms with E-state index in [0.717, 1.165) is 0 Å². The maximum absolute atomic E-state index is 10.5. The molecule has 0 fully saturated rings. The Bertz CT molecular complexity index is 225. The van der Waals surface area contributed by atoms with Crippen molar-refractivity contribution in [3.63, 3.8) is 0 Å². The Morgan fingerprint density at radius 3 is 2.46 bits per heavy atom. The minimum Gasteiger partial charge on any atom is -0.477 e. The molecule has 0 heterocycles. The van der Waals surface area contributed by atoms with E-state index in [0.29, 0.717) is 0 Å². The van der Waals surface area contributed by atoms with Crippen LogP contribution in [0.15, 0.2) is 5.16 Å². The van der Waals surface area contributed by atoms with Gasteiger partial charge < -0.3 is 14.7 Å². The second-order valence-corrected chi connectivity index (χ2v) is 1.92. The molecular formula is C7H12N2O4. The Balaban J connectivity index is 4.41. The number of carboxylic acid groups (broad SMARTS) is 1. The molecule has 0 aromatic carbocycles. The van der Waals surface area contributed by atoms with Crippen molar-refractivity contribution in [3.05, 3.63) is 0 Å². The Morgan fingerprint density at radius 2 is 2.08 bits per heavy atom. The number of carboxylic acids is 1. The molecule has 0 aliphatic carbocycles. The fourth-order valence-corrected chi connectivity index (χ4v) is 0.519. The Hall–Kier alpha value is -1.59. The average molecular weight is 188 g/mol. The van der Waals surface area contributed by atoms with Gasteiger partial charge >= 0.3 is 5.97 Å². The van der Waals surface area contributed by atoms with Gasteiger partial charge in [-0.1, -0.05) is 5.16 Å². The highest BCUT2D eigenvalue weighted by atomic mass is 16.6. The summed E-state index contributed by atoms with van der Waals surface area (Å²) < 4.78 is 4.65. The van der Waals surface area contributed by atoms with E-state index in [-0.39, 0.29) is 13.2 Å². The maximum Gasteiger partial charge on any atom is 0.363 e. The molecule has 13 heavy (non-hydrogen) atoms. The van der Waals surface area contributed by atoms with Gasteiger partial charge in [0.25, 0.3) is 0 Å². The van der Waals surface area contributed by atoms with Crippen LogP contribution in [0, 0.1) is 5.41 Å². The second-order valence-electron chi connectivity index (χ2n) is 1.92. The van der Waals surface area contributed by atoms with Crippen molar-refractivity contribution in [3.8, 4) is 0 Å². The summed E-state index contributed by atoms with van der Waals surface area (Å²) in [5, 5.41) is 18.9. The number of hydrogen-bond donors (Lipinski definition) is 2. The lowest BCUT2D eigenvalue weighted by molar-refractivity contribution is -0.129. The van der Waals surface area contributed by atoms with Crippen LogP contribution in [-0.4, -0.2) is 35.9 Å². The topological polar surface area (TPSA) is 92.0 Å². The summed E-state index contributed by atoms with van der Waals surface area (Å²) in [7, 11) is 0. The van der Waals surface area contributed by atoms with Crippen LogP contribution in [0.3, 0.4) is 0 Å². The highest BCUT2D eigenvalue weighted by molar-refractivity contribution is 6.62. The summed E-state index contributed by atoms with van der Waals surface area (Å²) in [6.07, 6.45) is 0. The first-order chi connectivity index (χ1) is 6.13. The van der Waals surface area contributed by atoms with Crippen molar-refractivity contribution >= 4 is 17.6 Å². The van der Waals surface area contributed by atoms with Crippen molar-refractivity contribution in [2.24, 2.45) is 5.16 Å². The predicted molar refractivity (Wildman–Crippen MR) is 46.0 cm³/mol. The van der Waals surface area contributed by atoms with E-state index in [1.54, 1.807) is 13.8 Å². The summed E-state index contributed by atoms with van der Waals surface area (Å²) in [5.41, 5.74) is -0.524. The van der Waals surface area contributed by atoms with Gasteiger partial charge in [-0.25, -0.2) is 4.79 Å². The molecule has 0 bridgehead atoms. The van der Waals surface area contributed by atoms with Crippen molar-refractivity contribution < 1.29 is 19.5 Å². The zero-order valence-corrected chi connectivity index (χ0v) is 7.53. The van der Waals surface area contributed by atoms with Crippen LogP contribution < -0.4 is 0 Å². The van der Waals surface area contributed by atoms with Gasteiger partial charge in [0.2, 0.25) is 11.6 Å². The Morgan fingerprint density at radius 1 is 1.46 bits per heavy atom. The fourth-order valence-electron chi connectivity index (χ4n) is 0.519. The quantitative estimate of drug-likeness (QED) is 0.373. The van der Waals surface area contributed by atoms with Crippen LogP contribution in [0.5, 0.6) is 0 Å². The van der Waals surface area contributed by atoms with E-state index in [1.807, 2.05) is 0 Å². The van der Waals surface area contributed by atoms with Crippen LogP contribution >= 0.6 is 0 Å². The third-order valence-corrected chi connectivity index (χ3v) is 0.991. The summed E-state index contributed by atoms with van der Waals surface area (Å²) in [6.45, 7) is 3.77. The SMILES string of the molecule is CCO/N=C(\C(=N)OCC)C(=O)O. The molecule has 0 amide bonds. The van der Waals surface area contributed by atoms with Gasteiger partial charge in [-0.05, 0) is 13.8 Å². The zero-order valence-electron chi connectivity index (χ0n) is 7.53. The normalized spacial score (nSPS) is 10.8. The molecule has 0 aromatic heterocycles. The lowest BCUT2D eigenvalue weighted by atomic mass is 10.4. The van der Waals surface area contributed by atoms with Crippen molar-refractivity contribution in [1.82, 2.24) is 0 Å². The molecular weight excluding hydrogens is 176 g/mol. The number of aliphatic carboxylic acids is 1. The summed E-state index contributed by atoms with van der Waals surface area (Å²) in [4.78, 5) is 15.0. The molecule has 6 nitrogen and oxygen atoms in total. The highest BCUT2D eigenvalue weighted by Gasteiger charge is 2.17. The molecule has 0 unspecified atom stereocenters. The van der Waals surface area contributed by atoms with Gasteiger partial charge in [0.05, 0.1) is 6.61 Å². The number of carbonyl (C=O) groups is 1. The average Bonchev–Trinajstić information content (AvgIpc) is 2.05. The molecule has 0 aliphatic rings. The van der Waals surface area contributed by atoms with Crippen LogP contribution in [0.4, 0.5) is 0 Å². The van der Waals surface area contributed by atoms with Gasteiger partial charge in [-0.15, -0.1) is 0 Å². The van der Waals surface area contributed by atoms with E-state index in [2.05, 4.69) is 14.7 Å². The predicted octanol–water partition coefficient (Wildman–Crippen LogP) is 0.477. The Labute approximate surface area is 75.6 Å². The van der Waals surface area contributed by atoms with E-state index < -0.39 is 17.6 Å². The first-order valence-electron chi connectivity index (χ1n) is 3.78. The molecule has 2 N–H and O–H groups in total. The molecule has 0 saturated heterocycles. The largest absolute Gasteiger partial charge is 0.477 e. The molecule has 0 rings (SSSR count). The molecule has 0 spiro atoms. The smallest absolute Gasteiger partial charge is 0.363 e. The van der Waals surface area contributed by atoms with Crippen LogP contribution in [-0.2, 0) is 14.4 Å². The van der Waals surface area contributed by atoms with Crippen LogP contribution in [0.2, 0.25) is 0 Å². The molecule has 0 aliphatic heterocycles. The molecule has 0 saturated carbocycles. The van der Waals surface area contributed by atoms with Gasteiger partial charge in [0, 0.05) is 0 Å². The number of ether oxygens (including phenoxy) is 1. The van der Waals surface area contributed by atoms with E-state index in [9.17, 15) is 4.79 Å². The number of rotatable bonds is 5. The molecule has 0 aromatic rings. The van der Waals surface area contributed by atoms with E-state index in [1.165, 1.54) is 0 Å². The van der Waals surface area contributed by atoms with E-state index in [4.69, 9.17) is 10.5 Å². The number of hydrogen-bond acceptors (Lipinski definition) is 5. The fraction of sp³-hybridized carbons (Fsp3) is 0.571. The molecule has 0 atom stereocenters. The number of nitrogens with zero attached hydrogens (tertiary/aromatic N) is 1. The lowest BCUT2D eigenvalue weighted by Gasteiger charge is -2.03. The van der Waals surface area contributed by atoms with Crippen LogP contribution in [0.25, 0.3) is 0 Å². The Kier molecular flexibility index (Phi) is 5.25. The minimum atomic E-state index is -1.34. The zero-order chi connectivity index (χ0) is 10.3. The molecule has 6 heteroatoms. The van der Waals surface area contributed by atoms with Crippen molar-refractivity contribution in [2.45, 2.75) is 13.8 Å². The third-order valence-electron chi connectivity index (χ3n) is 0.991. The van der Waals surface area contributed by atoms with E-state index >= 15 is 0 Å². The molecule has 74 valence electrons. The first-order valence-corrected chi connectivity index (χ1v) is 3.78. The van der Waals surface area contributed by atoms with Crippen LogP contribution in [0.1, 0.15) is 13.8 Å². The van der Waals surface area contributed by atoms with Crippen molar-refractivity contribution in [2.75, 3.05) is 13.2 Å². The number of oxime groups is 1. The minimum absolute atomic E-state index is 0.220. The second kappa shape index (κ2) is 5.99. The van der Waals surface area contributed by atoms with Gasteiger partial charge in [0.1, 0.15) is 6.61 Å². The summed E-state index contributed by atoms with van der Waals surface area (Å²) >= 11 is 0. The highest BCUT2D eigenvalue weighted by Crippen LogP contribution is 1.88. The van der Waals surface area contributed by atoms with Gasteiger partial charge in [0.15, 0.2) is 0 Å². The van der Waals surface area contributed by atoms with Crippen molar-refractivity contribution in [1.29, 1.82) is 5.41 Å². The van der Waals surface area contributed by atoms with Gasteiger partial charge in [-0.3, -0.25) is 5.41 Å². The third kappa shape index (κ3) is 4.09. The van der Waals surface area contributed by atoms with Gasteiger partial charge in [-0.2, -0.15) is 0 Å². The standard InChI is InChI=1S/C7H12N2O4/c1-3-12-6(8)5(7(10)11)9-13-4-2/h8H,3-4H2,1-2H3,(H,10,11)/b8-6?,9-5+. The summed E-state index contributed by atoms with van der Waals surface area (Å²) in [5.74, 6) is -1.84. The number of nitrogens with one attached hydrogen (secondary N) is 1. The monoisotopic (exact) mass is 188 g/mol. The molecule has 0 radical (unpaired) electrons.